The fourth-order valence-corrected chi connectivity index (χ4v) is 3.86. The van der Waals surface area contributed by atoms with E-state index >= 15 is 0 Å². The van der Waals surface area contributed by atoms with E-state index < -0.39 is 0 Å². The molecule has 0 heterocycles. The summed E-state index contributed by atoms with van der Waals surface area (Å²) in [5.74, 6) is 0.671. The molecule has 1 aromatic rings. The Labute approximate surface area is 172 Å². The summed E-state index contributed by atoms with van der Waals surface area (Å²) < 4.78 is 13.9. The normalized spacial score (nSPS) is 20.5. The molecule has 142 valence electrons. The number of benzene rings is 1. The molecule has 4 nitrogen and oxygen atoms in total. The van der Waals surface area contributed by atoms with Crippen LogP contribution in [0.15, 0.2) is 23.2 Å². The largest absolute Gasteiger partial charge is 0.354 e. The average Bonchev–Trinajstić information content (AvgIpc) is 3.01. The van der Waals surface area contributed by atoms with Crippen LogP contribution in [0.1, 0.15) is 30.4 Å². The number of hydrogen-bond acceptors (Lipinski definition) is 3. The van der Waals surface area contributed by atoms with Crippen molar-refractivity contribution in [2.45, 2.75) is 43.6 Å². The van der Waals surface area contributed by atoms with Crippen LogP contribution in [0.4, 0.5) is 4.39 Å². The Morgan fingerprint density at radius 1 is 1.36 bits per heavy atom. The molecule has 0 aliphatic heterocycles. The Morgan fingerprint density at radius 3 is 2.72 bits per heavy atom. The van der Waals surface area contributed by atoms with E-state index in [0.29, 0.717) is 19.1 Å². The zero-order chi connectivity index (χ0) is 17.5. The zero-order valence-electron chi connectivity index (χ0n) is 15.5. The third-order valence-electron chi connectivity index (χ3n) is 4.34. The molecule has 1 aliphatic rings. The van der Waals surface area contributed by atoms with Gasteiger partial charge in [-0.3, -0.25) is 4.99 Å². The fourth-order valence-electron chi connectivity index (χ4n) is 3.06. The van der Waals surface area contributed by atoms with Crippen LogP contribution in [-0.2, 0) is 13.1 Å². The van der Waals surface area contributed by atoms with Crippen molar-refractivity contribution in [1.29, 1.82) is 0 Å². The van der Waals surface area contributed by atoms with Crippen LogP contribution in [0.3, 0.4) is 0 Å². The van der Waals surface area contributed by atoms with Crippen molar-refractivity contribution < 1.29 is 4.39 Å². The predicted molar refractivity (Wildman–Crippen MR) is 117 cm³/mol. The molecule has 1 fully saturated rings. The topological polar surface area (TPSA) is 39.7 Å². The van der Waals surface area contributed by atoms with Crippen molar-refractivity contribution in [3.8, 4) is 0 Å². The monoisotopic (exact) mass is 480 g/mol. The number of halogens is 2. The first-order valence-electron chi connectivity index (χ1n) is 8.43. The maximum absolute atomic E-state index is 13.9. The highest BCUT2D eigenvalue weighted by molar-refractivity contribution is 14.0. The molecule has 7 heteroatoms. The van der Waals surface area contributed by atoms with E-state index in [-0.39, 0.29) is 29.8 Å². The zero-order valence-corrected chi connectivity index (χ0v) is 18.7. The number of guanidine groups is 1. The highest BCUT2D eigenvalue weighted by Crippen LogP contribution is 2.28. The lowest BCUT2D eigenvalue weighted by molar-refractivity contribution is 0.392. The summed E-state index contributed by atoms with van der Waals surface area (Å²) in [6.07, 6.45) is 5.82. The molecule has 2 rings (SSSR count). The standard InChI is InChI=1S/C18H29FN4S.HI/c1-20-18(22-15-6-7-16(10-15)24-4)21-11-13-5-8-17(19)14(9-13)12-23(2)3;/h5,8-9,15-16H,6-7,10-12H2,1-4H3,(H2,20,21,22);1H. The van der Waals surface area contributed by atoms with Crippen molar-refractivity contribution in [2.24, 2.45) is 4.99 Å². The average molecular weight is 480 g/mol. The molecule has 0 bridgehead atoms. The minimum absolute atomic E-state index is 0. The van der Waals surface area contributed by atoms with Gasteiger partial charge >= 0.3 is 0 Å². The molecule has 2 N–H and O–H groups in total. The van der Waals surface area contributed by atoms with Crippen LogP contribution in [-0.4, -0.2) is 49.6 Å². The first kappa shape index (κ1) is 22.5. The van der Waals surface area contributed by atoms with Crippen molar-refractivity contribution >= 4 is 41.7 Å². The first-order chi connectivity index (χ1) is 11.5. The van der Waals surface area contributed by atoms with Gasteiger partial charge in [-0.25, -0.2) is 4.39 Å². The predicted octanol–water partition coefficient (Wildman–Crippen LogP) is 3.45. The fraction of sp³-hybridized carbons (Fsp3) is 0.611. The lowest BCUT2D eigenvalue weighted by Crippen LogP contribution is -2.42. The van der Waals surface area contributed by atoms with Crippen LogP contribution < -0.4 is 10.6 Å². The Morgan fingerprint density at radius 2 is 2.12 bits per heavy atom. The molecule has 0 amide bonds. The van der Waals surface area contributed by atoms with Crippen LogP contribution in [0.2, 0.25) is 0 Å². The smallest absolute Gasteiger partial charge is 0.191 e. The van der Waals surface area contributed by atoms with E-state index in [1.54, 1.807) is 13.1 Å². The highest BCUT2D eigenvalue weighted by atomic mass is 127. The van der Waals surface area contributed by atoms with Crippen molar-refractivity contribution in [3.63, 3.8) is 0 Å². The van der Waals surface area contributed by atoms with E-state index in [9.17, 15) is 4.39 Å². The summed E-state index contributed by atoms with van der Waals surface area (Å²) in [5, 5.41) is 7.60. The number of rotatable bonds is 6. The Hall–Kier alpha value is -0.540. The Kier molecular flexibility index (Phi) is 10.1. The summed E-state index contributed by atoms with van der Waals surface area (Å²) in [6.45, 7) is 1.24. The highest BCUT2D eigenvalue weighted by Gasteiger charge is 2.24. The molecule has 2 unspecified atom stereocenters. The van der Waals surface area contributed by atoms with E-state index in [1.165, 1.54) is 19.3 Å². The van der Waals surface area contributed by atoms with E-state index in [0.717, 1.165) is 22.3 Å². The lowest BCUT2D eigenvalue weighted by Gasteiger charge is -2.18. The first-order valence-corrected chi connectivity index (χ1v) is 9.72. The van der Waals surface area contributed by atoms with Crippen molar-refractivity contribution in [3.05, 3.63) is 35.1 Å². The Balaban J connectivity index is 0.00000312. The lowest BCUT2D eigenvalue weighted by atomic mass is 10.1. The maximum atomic E-state index is 13.9. The van der Waals surface area contributed by atoms with E-state index in [1.807, 2.05) is 42.9 Å². The second kappa shape index (κ2) is 11.2. The van der Waals surface area contributed by atoms with Gasteiger partial charge in [0, 0.05) is 37.0 Å². The molecule has 1 saturated carbocycles. The number of aliphatic imine (C=N–C) groups is 1. The minimum Gasteiger partial charge on any atom is -0.354 e. The van der Waals surface area contributed by atoms with Gasteiger partial charge < -0.3 is 15.5 Å². The molecule has 0 saturated heterocycles. The van der Waals surface area contributed by atoms with Gasteiger partial charge in [-0.05, 0) is 57.3 Å². The Bertz CT molecular complexity index is 568. The third kappa shape index (κ3) is 7.30. The molecule has 1 aliphatic carbocycles. The summed E-state index contributed by atoms with van der Waals surface area (Å²) in [5.41, 5.74) is 1.78. The summed E-state index contributed by atoms with van der Waals surface area (Å²) in [7, 11) is 5.68. The van der Waals surface area contributed by atoms with Crippen LogP contribution in [0.5, 0.6) is 0 Å². The van der Waals surface area contributed by atoms with Gasteiger partial charge in [0.2, 0.25) is 0 Å². The van der Waals surface area contributed by atoms with E-state index in [4.69, 9.17) is 0 Å². The molecule has 0 spiro atoms. The number of hydrogen-bond donors (Lipinski definition) is 2. The second-order valence-corrected chi connectivity index (χ2v) is 7.74. The van der Waals surface area contributed by atoms with Gasteiger partial charge in [-0.1, -0.05) is 6.07 Å². The molecular formula is C18H30FIN4S. The summed E-state index contributed by atoms with van der Waals surface area (Å²) in [4.78, 5) is 6.28. The minimum atomic E-state index is -0.149. The van der Waals surface area contributed by atoms with Crippen molar-refractivity contribution in [1.82, 2.24) is 15.5 Å². The number of thioether (sulfide) groups is 1. The molecule has 1 aromatic carbocycles. The van der Waals surface area contributed by atoms with Crippen LogP contribution in [0.25, 0.3) is 0 Å². The summed E-state index contributed by atoms with van der Waals surface area (Å²) in [6, 6.07) is 5.79. The molecule has 2 atom stereocenters. The van der Waals surface area contributed by atoms with Gasteiger partial charge in [0.1, 0.15) is 5.82 Å². The summed E-state index contributed by atoms with van der Waals surface area (Å²) >= 11 is 1.95. The molecule has 0 aromatic heterocycles. The van der Waals surface area contributed by atoms with Gasteiger partial charge in [-0.2, -0.15) is 11.8 Å². The molecular weight excluding hydrogens is 450 g/mol. The quantitative estimate of drug-likeness (QED) is 0.372. The molecule has 0 radical (unpaired) electrons. The SMILES string of the molecule is CN=C(NCc1ccc(F)c(CN(C)C)c1)NC1CCC(SC)C1.I. The van der Waals surface area contributed by atoms with Gasteiger partial charge in [0.15, 0.2) is 5.96 Å². The number of nitrogens with zero attached hydrogens (tertiary/aromatic N) is 2. The van der Waals surface area contributed by atoms with Gasteiger partial charge in [0.05, 0.1) is 0 Å². The number of nitrogens with one attached hydrogen (secondary N) is 2. The van der Waals surface area contributed by atoms with E-state index in [2.05, 4.69) is 21.9 Å². The third-order valence-corrected chi connectivity index (χ3v) is 5.43. The molecule has 25 heavy (non-hydrogen) atoms. The van der Waals surface area contributed by atoms with Crippen molar-refractivity contribution in [2.75, 3.05) is 27.4 Å². The maximum Gasteiger partial charge on any atom is 0.191 e. The van der Waals surface area contributed by atoms with Crippen LogP contribution in [0, 0.1) is 5.82 Å². The second-order valence-electron chi connectivity index (χ2n) is 6.60. The van der Waals surface area contributed by atoms with Crippen LogP contribution >= 0.6 is 35.7 Å². The van der Waals surface area contributed by atoms with Gasteiger partial charge in [0.25, 0.3) is 0 Å². The van der Waals surface area contributed by atoms with Gasteiger partial charge in [-0.15, -0.1) is 24.0 Å².